The molecule has 32 heavy (non-hydrogen) atoms. The van der Waals surface area contributed by atoms with Crippen molar-refractivity contribution >= 4 is 23.3 Å². The van der Waals surface area contributed by atoms with E-state index in [1.165, 1.54) is 6.07 Å². The maximum Gasteiger partial charge on any atom is 0.307 e. The molecule has 0 heterocycles. The fraction of sp³-hybridized carbons (Fsp3) is 0.160. The van der Waals surface area contributed by atoms with Gasteiger partial charge in [-0.25, -0.2) is 8.78 Å². The quantitative estimate of drug-likeness (QED) is 0.526. The number of rotatable bonds is 7. The van der Waals surface area contributed by atoms with Gasteiger partial charge in [0.25, 0.3) is 0 Å². The topological polar surface area (TPSA) is 83.5 Å². The number of ketones is 1. The lowest BCUT2D eigenvalue weighted by Gasteiger charge is -2.08. The molecule has 7 heteroatoms. The summed E-state index contributed by atoms with van der Waals surface area (Å²) in [6.07, 6.45) is 0.303. The molecule has 5 nitrogen and oxygen atoms in total. The Labute approximate surface area is 182 Å². The summed E-state index contributed by atoms with van der Waals surface area (Å²) >= 11 is 0. The summed E-state index contributed by atoms with van der Waals surface area (Å²) in [5, 5.41) is 11.7. The van der Waals surface area contributed by atoms with Crippen LogP contribution >= 0.6 is 0 Å². The first-order valence-corrected chi connectivity index (χ1v) is 10.0. The molecule has 3 aromatic carbocycles. The van der Waals surface area contributed by atoms with Crippen LogP contribution in [0.4, 0.5) is 14.5 Å². The summed E-state index contributed by atoms with van der Waals surface area (Å²) in [7, 11) is 0. The van der Waals surface area contributed by atoms with Gasteiger partial charge in [0.05, 0.1) is 12.3 Å². The predicted molar refractivity (Wildman–Crippen MR) is 114 cm³/mol. The number of aliphatic carboxylic acids is 1. The molecule has 3 aromatic rings. The lowest BCUT2D eigenvalue weighted by atomic mass is 10.0. The Kier molecular flexibility index (Phi) is 5.81. The molecule has 4 rings (SSSR count). The second-order valence-electron chi connectivity index (χ2n) is 7.78. The number of hydrogen-bond donors (Lipinski definition) is 2. The van der Waals surface area contributed by atoms with Crippen molar-refractivity contribution < 1.29 is 28.3 Å². The van der Waals surface area contributed by atoms with Crippen LogP contribution in [0, 0.1) is 23.5 Å². The van der Waals surface area contributed by atoms with Gasteiger partial charge in [-0.2, -0.15) is 0 Å². The number of amides is 1. The summed E-state index contributed by atoms with van der Waals surface area (Å²) in [4.78, 5) is 35.5. The molecule has 1 fully saturated rings. The summed E-state index contributed by atoms with van der Waals surface area (Å²) in [5.74, 6) is -4.41. The number of nitrogens with one attached hydrogen (secondary N) is 1. The van der Waals surface area contributed by atoms with Crippen LogP contribution in [0.3, 0.4) is 0 Å². The zero-order valence-electron chi connectivity index (χ0n) is 16.8. The van der Waals surface area contributed by atoms with E-state index in [0.29, 0.717) is 23.2 Å². The number of carboxylic acids is 1. The third-order valence-corrected chi connectivity index (χ3v) is 5.46. The average molecular weight is 435 g/mol. The highest BCUT2D eigenvalue weighted by Gasteiger charge is 2.48. The van der Waals surface area contributed by atoms with Crippen molar-refractivity contribution in [2.45, 2.75) is 12.8 Å². The molecular formula is C25H19F2NO4. The van der Waals surface area contributed by atoms with E-state index in [9.17, 15) is 23.2 Å². The van der Waals surface area contributed by atoms with Crippen molar-refractivity contribution in [3.63, 3.8) is 0 Å². The number of carbonyl (C=O) groups excluding carboxylic acids is 2. The minimum atomic E-state index is -0.994. The second-order valence-corrected chi connectivity index (χ2v) is 7.78. The molecule has 2 N–H and O–H groups in total. The molecule has 0 saturated heterocycles. The van der Waals surface area contributed by atoms with Gasteiger partial charge >= 0.3 is 5.97 Å². The largest absolute Gasteiger partial charge is 0.481 e. The van der Waals surface area contributed by atoms with Crippen LogP contribution in [-0.2, 0) is 16.0 Å². The van der Waals surface area contributed by atoms with E-state index in [2.05, 4.69) is 5.32 Å². The van der Waals surface area contributed by atoms with Crippen molar-refractivity contribution in [2.75, 3.05) is 5.32 Å². The third-order valence-electron chi connectivity index (χ3n) is 5.46. The number of carboxylic acid groups (broad SMARTS) is 1. The van der Waals surface area contributed by atoms with E-state index < -0.39 is 29.4 Å². The summed E-state index contributed by atoms with van der Waals surface area (Å²) in [5.41, 5.74) is 3.16. The zero-order chi connectivity index (χ0) is 22.8. The molecule has 1 aliphatic carbocycles. The number of carbonyl (C=O) groups is 3. The molecule has 0 aromatic heterocycles. The first-order valence-electron chi connectivity index (χ1n) is 10.0. The number of halogens is 2. The highest BCUT2D eigenvalue weighted by atomic mass is 19.2. The first kappa shape index (κ1) is 21.4. The minimum absolute atomic E-state index is 0.0851. The summed E-state index contributed by atoms with van der Waals surface area (Å²) in [6, 6.07) is 17.4. The van der Waals surface area contributed by atoms with Crippen molar-refractivity contribution in [3.05, 3.63) is 89.5 Å². The fourth-order valence-corrected chi connectivity index (χ4v) is 3.58. The Morgan fingerprint density at radius 1 is 0.844 bits per heavy atom. The minimum Gasteiger partial charge on any atom is -0.481 e. The first-order chi connectivity index (χ1) is 15.3. The number of benzene rings is 3. The van der Waals surface area contributed by atoms with Crippen LogP contribution < -0.4 is 5.32 Å². The molecule has 0 bridgehead atoms. The van der Waals surface area contributed by atoms with E-state index in [-0.39, 0.29) is 18.1 Å². The fourth-order valence-electron chi connectivity index (χ4n) is 3.58. The molecule has 2 unspecified atom stereocenters. The van der Waals surface area contributed by atoms with Crippen LogP contribution in [0.15, 0.2) is 66.7 Å². The smallest absolute Gasteiger partial charge is 0.307 e. The van der Waals surface area contributed by atoms with Gasteiger partial charge < -0.3 is 10.4 Å². The Morgan fingerprint density at radius 2 is 1.47 bits per heavy atom. The van der Waals surface area contributed by atoms with Gasteiger partial charge in [0.2, 0.25) is 5.91 Å². The highest BCUT2D eigenvalue weighted by Crippen LogP contribution is 2.41. The van der Waals surface area contributed by atoms with Crippen molar-refractivity contribution in [3.8, 4) is 11.1 Å². The average Bonchev–Trinajstić information content (AvgIpc) is 3.58. The van der Waals surface area contributed by atoms with Crippen LogP contribution in [0.5, 0.6) is 0 Å². The van der Waals surface area contributed by atoms with Gasteiger partial charge in [-0.3, -0.25) is 14.4 Å². The second kappa shape index (κ2) is 8.70. The van der Waals surface area contributed by atoms with E-state index >= 15 is 0 Å². The van der Waals surface area contributed by atoms with E-state index in [1.54, 1.807) is 36.4 Å². The predicted octanol–water partition coefficient (Wildman–Crippen LogP) is 4.72. The molecule has 1 amide bonds. The van der Waals surface area contributed by atoms with Gasteiger partial charge in [0, 0.05) is 17.2 Å². The molecule has 162 valence electrons. The normalized spacial score (nSPS) is 16.9. The van der Waals surface area contributed by atoms with E-state index in [1.807, 2.05) is 12.1 Å². The molecular weight excluding hydrogens is 416 g/mol. The molecule has 0 radical (unpaired) electrons. The Morgan fingerprint density at radius 3 is 2.03 bits per heavy atom. The van der Waals surface area contributed by atoms with Gasteiger partial charge in [-0.15, -0.1) is 0 Å². The zero-order valence-corrected chi connectivity index (χ0v) is 16.8. The lowest BCUT2D eigenvalue weighted by molar-refractivity contribution is -0.138. The van der Waals surface area contributed by atoms with Crippen LogP contribution in [0.2, 0.25) is 0 Å². The number of hydrogen-bond acceptors (Lipinski definition) is 3. The molecule has 0 spiro atoms. The van der Waals surface area contributed by atoms with Gasteiger partial charge in [0.1, 0.15) is 0 Å². The SMILES string of the molecule is O=C(Cc1ccc(F)c(F)c1)Nc1ccc(-c2ccc(C(=O)C3CC3C(=O)O)cc2)cc1. The molecule has 1 saturated carbocycles. The van der Waals surface area contributed by atoms with Gasteiger partial charge in [0.15, 0.2) is 17.4 Å². The molecule has 1 aliphatic rings. The standard InChI is InChI=1S/C25H19F2NO4/c26-21-10-1-14(11-22(21)27)12-23(29)28-18-8-6-16(7-9-18)15-2-4-17(5-3-15)24(30)19-13-20(19)25(31)32/h1-11,19-20H,12-13H2,(H,28,29)(H,31,32). The maximum atomic E-state index is 13.3. The monoisotopic (exact) mass is 435 g/mol. The Bertz CT molecular complexity index is 1190. The van der Waals surface area contributed by atoms with Crippen molar-refractivity contribution in [2.24, 2.45) is 11.8 Å². The van der Waals surface area contributed by atoms with Gasteiger partial charge in [-0.05, 0) is 47.4 Å². The van der Waals surface area contributed by atoms with Crippen LogP contribution in [-0.4, -0.2) is 22.8 Å². The van der Waals surface area contributed by atoms with Crippen LogP contribution in [0.25, 0.3) is 11.1 Å². The molecule has 2 atom stereocenters. The summed E-state index contributed by atoms with van der Waals surface area (Å²) in [6.45, 7) is 0. The van der Waals surface area contributed by atoms with Crippen molar-refractivity contribution in [1.29, 1.82) is 0 Å². The van der Waals surface area contributed by atoms with Gasteiger partial charge in [-0.1, -0.05) is 42.5 Å². The third kappa shape index (κ3) is 4.72. The van der Waals surface area contributed by atoms with E-state index in [4.69, 9.17) is 5.11 Å². The summed E-state index contributed by atoms with van der Waals surface area (Å²) < 4.78 is 26.3. The van der Waals surface area contributed by atoms with Crippen molar-refractivity contribution in [1.82, 2.24) is 0 Å². The lowest BCUT2D eigenvalue weighted by Crippen LogP contribution is -2.14. The molecule has 0 aliphatic heterocycles. The number of Topliss-reactive ketones (excluding diaryl/α,β-unsaturated/α-hetero) is 1. The van der Waals surface area contributed by atoms with Crippen LogP contribution in [0.1, 0.15) is 22.3 Å². The number of anilines is 1. The maximum absolute atomic E-state index is 13.3. The Hall–Kier alpha value is -3.87. The Balaban J connectivity index is 1.37. The highest BCUT2D eigenvalue weighted by molar-refractivity contribution is 6.03. The van der Waals surface area contributed by atoms with E-state index in [0.717, 1.165) is 23.3 Å².